The number of hydrogen-bond acceptors (Lipinski definition) is 5. The molecule has 0 aliphatic carbocycles. The standard InChI is InChI=1S/C17H19N5OS/c1-20-14-6-3-2-5-13(14)15(19-20)16(23)21-8-4-9-22(11-10-21)17-18-7-12-24-17/h2-3,5-7,12H,4,8-11H2,1H3. The fourth-order valence-corrected chi connectivity index (χ4v) is 3.90. The lowest BCUT2D eigenvalue weighted by atomic mass is 10.2. The molecule has 7 heteroatoms. The van der Waals surface area contributed by atoms with Gasteiger partial charge in [-0.25, -0.2) is 4.98 Å². The Morgan fingerprint density at radius 1 is 1.17 bits per heavy atom. The second-order valence-corrected chi connectivity index (χ2v) is 6.81. The van der Waals surface area contributed by atoms with E-state index in [1.807, 2.05) is 47.8 Å². The van der Waals surface area contributed by atoms with Gasteiger partial charge in [0.25, 0.3) is 5.91 Å². The largest absolute Gasteiger partial charge is 0.346 e. The van der Waals surface area contributed by atoms with Crippen molar-refractivity contribution in [1.29, 1.82) is 0 Å². The SMILES string of the molecule is Cn1nc(C(=O)N2CCCN(c3nccs3)CC2)c2ccccc21. The summed E-state index contributed by atoms with van der Waals surface area (Å²) in [5.41, 5.74) is 1.54. The number of fused-ring (bicyclic) bond motifs is 1. The van der Waals surface area contributed by atoms with Crippen LogP contribution >= 0.6 is 11.3 Å². The topological polar surface area (TPSA) is 54.3 Å². The first kappa shape index (κ1) is 15.1. The van der Waals surface area contributed by atoms with Gasteiger partial charge in [-0.1, -0.05) is 18.2 Å². The van der Waals surface area contributed by atoms with Crippen molar-refractivity contribution in [3.05, 3.63) is 41.5 Å². The summed E-state index contributed by atoms with van der Waals surface area (Å²) >= 11 is 1.65. The Hall–Kier alpha value is -2.41. The van der Waals surface area contributed by atoms with Gasteiger partial charge in [0.2, 0.25) is 0 Å². The van der Waals surface area contributed by atoms with Gasteiger partial charge >= 0.3 is 0 Å². The first-order chi connectivity index (χ1) is 11.7. The summed E-state index contributed by atoms with van der Waals surface area (Å²) in [5, 5.41) is 8.41. The van der Waals surface area contributed by atoms with Crippen LogP contribution in [0.1, 0.15) is 16.9 Å². The molecule has 1 aliphatic heterocycles. The lowest BCUT2D eigenvalue weighted by molar-refractivity contribution is 0.0762. The number of aromatic nitrogens is 3. The lowest BCUT2D eigenvalue weighted by Crippen LogP contribution is -2.35. The molecule has 4 rings (SSSR count). The number of nitrogens with zero attached hydrogens (tertiary/aromatic N) is 5. The van der Waals surface area contributed by atoms with Crippen molar-refractivity contribution >= 4 is 33.3 Å². The van der Waals surface area contributed by atoms with E-state index in [1.165, 1.54) is 0 Å². The van der Waals surface area contributed by atoms with E-state index in [1.54, 1.807) is 16.0 Å². The summed E-state index contributed by atoms with van der Waals surface area (Å²) in [6.07, 6.45) is 2.77. The summed E-state index contributed by atoms with van der Waals surface area (Å²) in [6, 6.07) is 7.88. The average molecular weight is 341 g/mol. The van der Waals surface area contributed by atoms with E-state index in [-0.39, 0.29) is 5.91 Å². The monoisotopic (exact) mass is 341 g/mol. The fraction of sp³-hybridized carbons (Fsp3) is 0.353. The lowest BCUT2D eigenvalue weighted by Gasteiger charge is -2.21. The third-order valence-electron chi connectivity index (χ3n) is 4.43. The summed E-state index contributed by atoms with van der Waals surface area (Å²) in [7, 11) is 1.88. The maximum atomic E-state index is 13.0. The molecule has 1 saturated heterocycles. The Kier molecular flexibility index (Phi) is 3.93. The number of carbonyl (C=O) groups is 1. The fourth-order valence-electron chi connectivity index (χ4n) is 3.21. The minimum absolute atomic E-state index is 0.0211. The van der Waals surface area contributed by atoms with Gasteiger partial charge in [0.15, 0.2) is 10.8 Å². The molecule has 124 valence electrons. The normalized spacial score (nSPS) is 15.7. The number of thiazole rings is 1. The maximum Gasteiger partial charge on any atom is 0.275 e. The molecule has 1 aliphatic rings. The molecule has 24 heavy (non-hydrogen) atoms. The Labute approximate surface area is 144 Å². The highest BCUT2D eigenvalue weighted by Gasteiger charge is 2.24. The van der Waals surface area contributed by atoms with Crippen molar-refractivity contribution < 1.29 is 4.79 Å². The van der Waals surface area contributed by atoms with Crippen molar-refractivity contribution in [3.8, 4) is 0 Å². The molecule has 0 atom stereocenters. The predicted octanol–water partition coefficient (Wildman–Crippen LogP) is 2.38. The van der Waals surface area contributed by atoms with Crippen LogP contribution in [0.5, 0.6) is 0 Å². The van der Waals surface area contributed by atoms with Crippen molar-refractivity contribution in [2.24, 2.45) is 7.05 Å². The van der Waals surface area contributed by atoms with Crippen LogP contribution in [0.4, 0.5) is 5.13 Å². The third kappa shape index (κ3) is 2.65. The van der Waals surface area contributed by atoms with E-state index in [9.17, 15) is 4.79 Å². The number of rotatable bonds is 2. The zero-order valence-electron chi connectivity index (χ0n) is 13.6. The smallest absolute Gasteiger partial charge is 0.275 e. The van der Waals surface area contributed by atoms with Gasteiger partial charge in [-0.3, -0.25) is 9.48 Å². The number of benzene rings is 1. The average Bonchev–Trinajstić information content (AvgIpc) is 3.17. The Morgan fingerprint density at radius 2 is 2.04 bits per heavy atom. The molecule has 3 aromatic rings. The number of amides is 1. The number of para-hydroxylation sites is 1. The molecule has 1 fully saturated rings. The van der Waals surface area contributed by atoms with Gasteiger partial charge < -0.3 is 9.80 Å². The quantitative estimate of drug-likeness (QED) is 0.718. The van der Waals surface area contributed by atoms with Gasteiger partial charge in [0, 0.05) is 50.2 Å². The van der Waals surface area contributed by atoms with E-state index in [4.69, 9.17) is 0 Å². The van der Waals surface area contributed by atoms with Crippen molar-refractivity contribution in [2.75, 3.05) is 31.1 Å². The molecule has 2 aromatic heterocycles. The van der Waals surface area contributed by atoms with E-state index in [0.29, 0.717) is 12.2 Å². The predicted molar refractivity (Wildman–Crippen MR) is 95.6 cm³/mol. The minimum Gasteiger partial charge on any atom is -0.346 e. The summed E-state index contributed by atoms with van der Waals surface area (Å²) in [6.45, 7) is 3.19. The van der Waals surface area contributed by atoms with Gasteiger partial charge in [-0.15, -0.1) is 11.3 Å². The molecule has 0 unspecified atom stereocenters. The number of hydrogen-bond donors (Lipinski definition) is 0. The van der Waals surface area contributed by atoms with Crippen LogP contribution in [0.15, 0.2) is 35.8 Å². The van der Waals surface area contributed by atoms with Crippen LogP contribution < -0.4 is 4.90 Å². The molecule has 3 heterocycles. The Bertz CT molecular complexity index is 857. The molecule has 0 N–H and O–H groups in total. The number of aryl methyl sites for hydroxylation is 1. The van der Waals surface area contributed by atoms with E-state index in [2.05, 4.69) is 15.0 Å². The molecule has 1 amide bonds. The Balaban J connectivity index is 1.56. The first-order valence-electron chi connectivity index (χ1n) is 8.09. The van der Waals surface area contributed by atoms with Crippen LogP contribution in [-0.2, 0) is 7.05 Å². The van der Waals surface area contributed by atoms with Gasteiger partial charge in [0.05, 0.1) is 5.52 Å². The van der Waals surface area contributed by atoms with Crippen LogP contribution in [0.25, 0.3) is 10.9 Å². The number of carbonyl (C=O) groups excluding carboxylic acids is 1. The molecule has 0 bridgehead atoms. The zero-order chi connectivity index (χ0) is 16.5. The van der Waals surface area contributed by atoms with Gasteiger partial charge in [-0.05, 0) is 12.5 Å². The van der Waals surface area contributed by atoms with Crippen molar-refractivity contribution in [2.45, 2.75) is 6.42 Å². The van der Waals surface area contributed by atoms with Crippen LogP contribution in [0.2, 0.25) is 0 Å². The highest BCUT2D eigenvalue weighted by molar-refractivity contribution is 7.13. The second-order valence-electron chi connectivity index (χ2n) is 5.94. The van der Waals surface area contributed by atoms with E-state index in [0.717, 1.165) is 42.1 Å². The van der Waals surface area contributed by atoms with E-state index < -0.39 is 0 Å². The highest BCUT2D eigenvalue weighted by Crippen LogP contribution is 2.22. The second kappa shape index (κ2) is 6.24. The van der Waals surface area contributed by atoms with Crippen molar-refractivity contribution in [1.82, 2.24) is 19.7 Å². The molecule has 0 radical (unpaired) electrons. The highest BCUT2D eigenvalue weighted by atomic mass is 32.1. The molecular weight excluding hydrogens is 322 g/mol. The van der Waals surface area contributed by atoms with Crippen molar-refractivity contribution in [3.63, 3.8) is 0 Å². The molecular formula is C17H19N5OS. The van der Waals surface area contributed by atoms with Crippen LogP contribution in [-0.4, -0.2) is 51.8 Å². The maximum absolute atomic E-state index is 13.0. The molecule has 0 spiro atoms. The zero-order valence-corrected chi connectivity index (χ0v) is 14.4. The third-order valence-corrected chi connectivity index (χ3v) is 5.27. The molecule has 1 aromatic carbocycles. The molecule has 0 saturated carbocycles. The summed E-state index contributed by atoms with van der Waals surface area (Å²) in [5.74, 6) is 0.0211. The summed E-state index contributed by atoms with van der Waals surface area (Å²) < 4.78 is 1.78. The summed E-state index contributed by atoms with van der Waals surface area (Å²) in [4.78, 5) is 21.5. The van der Waals surface area contributed by atoms with E-state index >= 15 is 0 Å². The van der Waals surface area contributed by atoms with Crippen LogP contribution in [0.3, 0.4) is 0 Å². The molecule has 6 nitrogen and oxygen atoms in total. The van der Waals surface area contributed by atoms with Crippen LogP contribution in [0, 0.1) is 0 Å². The van der Waals surface area contributed by atoms with Gasteiger partial charge in [-0.2, -0.15) is 5.10 Å². The first-order valence-corrected chi connectivity index (χ1v) is 8.97. The minimum atomic E-state index is 0.0211. The Morgan fingerprint density at radius 3 is 2.88 bits per heavy atom. The van der Waals surface area contributed by atoms with Gasteiger partial charge in [0.1, 0.15) is 0 Å². The number of anilines is 1.